The molecule has 170 valence electrons. The second-order valence-corrected chi connectivity index (χ2v) is 8.46. The second-order valence-electron chi connectivity index (χ2n) is 6.81. The smallest absolute Gasteiger partial charge is 0.265 e. The Morgan fingerprint density at radius 2 is 1.67 bits per heavy atom. The van der Waals surface area contributed by atoms with Crippen molar-refractivity contribution in [3.05, 3.63) is 73.1 Å². The molecule has 0 fully saturated rings. The summed E-state index contributed by atoms with van der Waals surface area (Å²) in [5.74, 6) is 2.88. The lowest BCUT2D eigenvalue weighted by Gasteiger charge is -2.13. The van der Waals surface area contributed by atoms with E-state index < -0.39 is 10.0 Å². The summed E-state index contributed by atoms with van der Waals surface area (Å²) in [6, 6.07) is 12.6. The minimum atomic E-state index is -3.89. The van der Waals surface area contributed by atoms with Crippen molar-refractivity contribution >= 4 is 15.7 Å². The predicted octanol–water partition coefficient (Wildman–Crippen LogP) is 3.58. The van der Waals surface area contributed by atoms with Crippen LogP contribution < -0.4 is 18.9 Å². The maximum Gasteiger partial charge on any atom is 0.265 e. The van der Waals surface area contributed by atoms with E-state index in [4.69, 9.17) is 14.2 Å². The van der Waals surface area contributed by atoms with Crippen LogP contribution in [0.3, 0.4) is 0 Å². The molecule has 33 heavy (non-hydrogen) atoms. The highest BCUT2D eigenvalue weighted by molar-refractivity contribution is 7.92. The Balaban J connectivity index is 1.50. The lowest BCUT2D eigenvalue weighted by Crippen LogP contribution is -2.14. The zero-order valence-electron chi connectivity index (χ0n) is 18.1. The average Bonchev–Trinajstić information content (AvgIpc) is 3.25. The number of aromatic nitrogens is 4. The van der Waals surface area contributed by atoms with E-state index in [2.05, 4.69) is 19.7 Å². The fourth-order valence-corrected chi connectivity index (χ4v) is 4.27. The summed E-state index contributed by atoms with van der Waals surface area (Å²) in [4.78, 5) is 12.5. The average molecular weight is 468 g/mol. The molecule has 0 spiro atoms. The van der Waals surface area contributed by atoms with E-state index in [1.165, 1.54) is 32.7 Å². The molecule has 4 aromatic rings. The zero-order chi connectivity index (χ0) is 23.4. The zero-order valence-corrected chi connectivity index (χ0v) is 18.9. The number of anilines is 1. The van der Waals surface area contributed by atoms with Crippen LogP contribution in [0.4, 0.5) is 5.69 Å². The highest BCUT2D eigenvalue weighted by Crippen LogP contribution is 2.30. The summed E-state index contributed by atoms with van der Waals surface area (Å²) in [6.07, 6.45) is 4.87. The van der Waals surface area contributed by atoms with E-state index in [0.717, 1.165) is 5.82 Å². The Morgan fingerprint density at radius 1 is 0.909 bits per heavy atom. The summed E-state index contributed by atoms with van der Waals surface area (Å²) >= 11 is 0. The number of sulfonamides is 1. The normalized spacial score (nSPS) is 11.1. The molecule has 0 bridgehead atoms. The molecule has 0 radical (unpaired) electrons. The van der Waals surface area contributed by atoms with Crippen molar-refractivity contribution in [2.45, 2.75) is 11.8 Å². The molecule has 2 aromatic carbocycles. The number of methoxy groups -OCH3 is 2. The highest BCUT2D eigenvalue weighted by Gasteiger charge is 2.20. The second kappa shape index (κ2) is 9.17. The van der Waals surface area contributed by atoms with Gasteiger partial charge in [0.15, 0.2) is 0 Å². The van der Waals surface area contributed by atoms with E-state index in [0.29, 0.717) is 28.9 Å². The third-order valence-corrected chi connectivity index (χ3v) is 6.11. The first-order valence-electron chi connectivity index (χ1n) is 9.75. The SMILES string of the molecule is COc1ccc(S(=O)(=O)Nc2ccc(Oc3cc(-n4ccnc4C)ncn3)cc2)c(OC)c1. The number of imidazole rings is 1. The van der Waals surface area contributed by atoms with Crippen LogP contribution >= 0.6 is 0 Å². The van der Waals surface area contributed by atoms with Gasteiger partial charge in [0.1, 0.15) is 40.1 Å². The first kappa shape index (κ1) is 22.1. The predicted molar refractivity (Wildman–Crippen MR) is 121 cm³/mol. The van der Waals surface area contributed by atoms with Crippen LogP contribution in [0.2, 0.25) is 0 Å². The van der Waals surface area contributed by atoms with Crippen molar-refractivity contribution in [1.29, 1.82) is 0 Å². The molecule has 0 aliphatic heterocycles. The maximum absolute atomic E-state index is 12.8. The molecule has 4 rings (SSSR count). The van der Waals surface area contributed by atoms with E-state index in [9.17, 15) is 8.42 Å². The van der Waals surface area contributed by atoms with Gasteiger partial charge >= 0.3 is 0 Å². The standard InChI is InChI=1S/C22H21N5O5S/c1-15-23-10-11-27(15)21-13-22(25-14-24-21)32-17-6-4-16(5-7-17)26-33(28,29)20-9-8-18(30-2)12-19(20)31-3/h4-14,26H,1-3H3. The monoisotopic (exact) mass is 467 g/mol. The number of ether oxygens (including phenoxy) is 3. The number of aryl methyl sites for hydroxylation is 1. The van der Waals surface area contributed by atoms with Crippen LogP contribution in [-0.4, -0.2) is 42.2 Å². The van der Waals surface area contributed by atoms with Crippen molar-refractivity contribution in [1.82, 2.24) is 19.5 Å². The fraction of sp³-hybridized carbons (Fsp3) is 0.136. The Kier molecular flexibility index (Phi) is 6.13. The summed E-state index contributed by atoms with van der Waals surface area (Å²) in [5, 5.41) is 0. The fourth-order valence-electron chi connectivity index (χ4n) is 3.06. The lowest BCUT2D eigenvalue weighted by molar-refractivity contribution is 0.386. The topological polar surface area (TPSA) is 117 Å². The Bertz CT molecular complexity index is 1370. The van der Waals surface area contributed by atoms with Crippen molar-refractivity contribution < 1.29 is 22.6 Å². The van der Waals surface area contributed by atoms with Crippen LogP contribution in [0.15, 0.2) is 72.1 Å². The van der Waals surface area contributed by atoms with Crippen molar-refractivity contribution in [3.8, 4) is 28.9 Å². The van der Waals surface area contributed by atoms with Crippen LogP contribution in [-0.2, 0) is 10.0 Å². The van der Waals surface area contributed by atoms with E-state index in [-0.39, 0.29) is 10.6 Å². The molecule has 0 aliphatic carbocycles. The van der Waals surface area contributed by atoms with E-state index in [1.54, 1.807) is 53.4 Å². The number of nitrogens with one attached hydrogen (secondary N) is 1. The number of rotatable bonds is 8. The van der Waals surface area contributed by atoms with Gasteiger partial charge in [-0.15, -0.1) is 0 Å². The molecule has 0 unspecified atom stereocenters. The largest absolute Gasteiger partial charge is 0.497 e. The van der Waals surface area contributed by atoms with Gasteiger partial charge in [-0.2, -0.15) is 0 Å². The van der Waals surface area contributed by atoms with E-state index >= 15 is 0 Å². The van der Waals surface area contributed by atoms with Crippen molar-refractivity contribution in [2.75, 3.05) is 18.9 Å². The van der Waals surface area contributed by atoms with Gasteiger partial charge in [0.25, 0.3) is 10.0 Å². The van der Waals surface area contributed by atoms with Gasteiger partial charge in [-0.05, 0) is 43.3 Å². The van der Waals surface area contributed by atoms with Gasteiger partial charge in [-0.3, -0.25) is 9.29 Å². The summed E-state index contributed by atoms with van der Waals surface area (Å²) in [5.41, 5.74) is 0.359. The van der Waals surface area contributed by atoms with Crippen molar-refractivity contribution in [3.63, 3.8) is 0 Å². The molecule has 1 N–H and O–H groups in total. The van der Waals surface area contributed by atoms with Crippen LogP contribution in [0, 0.1) is 6.92 Å². The summed E-state index contributed by atoms with van der Waals surface area (Å²) < 4.78 is 46.1. The van der Waals surface area contributed by atoms with Crippen molar-refractivity contribution in [2.24, 2.45) is 0 Å². The Labute approximate surface area is 190 Å². The molecule has 0 saturated heterocycles. The van der Waals surface area contributed by atoms with E-state index in [1.807, 2.05) is 6.92 Å². The summed E-state index contributed by atoms with van der Waals surface area (Å²) in [7, 11) is -1.00. The summed E-state index contributed by atoms with van der Waals surface area (Å²) in [6.45, 7) is 1.87. The van der Waals surface area contributed by atoms with Gasteiger partial charge in [0.05, 0.1) is 14.2 Å². The molecule has 11 heteroatoms. The minimum Gasteiger partial charge on any atom is -0.497 e. The van der Waals surface area contributed by atoms with Gasteiger partial charge in [-0.1, -0.05) is 0 Å². The molecule has 10 nitrogen and oxygen atoms in total. The third kappa shape index (κ3) is 4.88. The van der Waals surface area contributed by atoms with Crippen LogP contribution in [0.25, 0.3) is 5.82 Å². The molecular weight excluding hydrogens is 446 g/mol. The molecular formula is C22H21N5O5S. The highest BCUT2D eigenvalue weighted by atomic mass is 32.2. The van der Waals surface area contributed by atoms with Crippen LogP contribution in [0.5, 0.6) is 23.1 Å². The van der Waals surface area contributed by atoms with Gasteiger partial charge in [0.2, 0.25) is 5.88 Å². The number of nitrogens with zero attached hydrogens (tertiary/aromatic N) is 4. The lowest BCUT2D eigenvalue weighted by atomic mass is 10.3. The van der Waals surface area contributed by atoms with Gasteiger partial charge in [0, 0.05) is 30.2 Å². The van der Waals surface area contributed by atoms with Crippen LogP contribution in [0.1, 0.15) is 5.82 Å². The molecule has 0 amide bonds. The third-order valence-electron chi connectivity index (χ3n) is 4.69. The molecule has 0 saturated carbocycles. The quantitative estimate of drug-likeness (QED) is 0.418. The van der Waals surface area contributed by atoms with Gasteiger partial charge < -0.3 is 14.2 Å². The molecule has 0 atom stereocenters. The minimum absolute atomic E-state index is 0.00515. The molecule has 0 aliphatic rings. The molecule has 2 heterocycles. The Hall–Kier alpha value is -4.12. The Morgan fingerprint density at radius 3 is 2.33 bits per heavy atom. The number of benzene rings is 2. The maximum atomic E-state index is 12.8. The number of hydrogen-bond donors (Lipinski definition) is 1. The number of hydrogen-bond acceptors (Lipinski definition) is 8. The first-order chi connectivity index (χ1) is 15.9. The van der Waals surface area contributed by atoms with Gasteiger partial charge in [-0.25, -0.2) is 23.4 Å². The molecule has 2 aromatic heterocycles. The first-order valence-corrected chi connectivity index (χ1v) is 11.2.